The lowest BCUT2D eigenvalue weighted by Gasteiger charge is -2.04. The Labute approximate surface area is 116 Å². The first-order valence-electron chi connectivity index (χ1n) is 6.15. The van der Waals surface area contributed by atoms with Crippen molar-refractivity contribution in [3.05, 3.63) is 29.3 Å². The van der Waals surface area contributed by atoms with E-state index < -0.39 is 0 Å². The van der Waals surface area contributed by atoms with Crippen molar-refractivity contribution in [2.45, 2.75) is 20.0 Å². The van der Waals surface area contributed by atoms with Crippen LogP contribution in [0.4, 0.5) is 5.13 Å². The first-order chi connectivity index (χ1) is 9.31. The summed E-state index contributed by atoms with van der Waals surface area (Å²) >= 11 is 1.52. The Morgan fingerprint density at radius 1 is 1.16 bits per heavy atom. The van der Waals surface area contributed by atoms with Crippen molar-refractivity contribution >= 4 is 16.5 Å². The van der Waals surface area contributed by atoms with Crippen molar-refractivity contribution in [1.82, 2.24) is 10.2 Å². The maximum atomic E-state index is 5.63. The van der Waals surface area contributed by atoms with Crippen LogP contribution in [0.25, 0.3) is 0 Å². The fraction of sp³-hybridized carbons (Fsp3) is 0.385. The molecule has 0 aliphatic heterocycles. The monoisotopic (exact) mass is 279 g/mol. The average Bonchev–Trinajstić information content (AvgIpc) is 2.91. The number of benzene rings is 1. The Bertz CT molecular complexity index is 499. The van der Waals surface area contributed by atoms with Gasteiger partial charge in [0.15, 0.2) is 5.01 Å². The molecule has 0 amide bonds. The minimum absolute atomic E-state index is 0.428. The van der Waals surface area contributed by atoms with Crippen molar-refractivity contribution in [2.75, 3.05) is 19.0 Å². The average molecular weight is 279 g/mol. The van der Waals surface area contributed by atoms with Crippen molar-refractivity contribution < 1.29 is 9.47 Å². The summed E-state index contributed by atoms with van der Waals surface area (Å²) in [5, 5.41) is 13.0. The topological polar surface area (TPSA) is 56.3 Å². The molecule has 1 aromatic carbocycles. The number of anilines is 1. The van der Waals surface area contributed by atoms with Gasteiger partial charge in [-0.15, -0.1) is 10.2 Å². The highest BCUT2D eigenvalue weighted by atomic mass is 32.1. The quantitative estimate of drug-likeness (QED) is 0.844. The minimum Gasteiger partial charge on any atom is -0.497 e. The van der Waals surface area contributed by atoms with Gasteiger partial charge < -0.3 is 14.8 Å². The Kier molecular flexibility index (Phi) is 4.97. The molecule has 102 valence electrons. The third-order valence-corrected chi connectivity index (χ3v) is 3.27. The molecule has 0 saturated carbocycles. The Morgan fingerprint density at radius 3 is 2.58 bits per heavy atom. The number of hydrogen-bond acceptors (Lipinski definition) is 6. The maximum absolute atomic E-state index is 5.63. The van der Waals surface area contributed by atoms with Crippen LogP contribution in [0.5, 0.6) is 11.5 Å². The van der Waals surface area contributed by atoms with E-state index in [1.165, 1.54) is 11.3 Å². The van der Waals surface area contributed by atoms with Crippen LogP contribution in [0, 0.1) is 0 Å². The molecule has 1 aromatic heterocycles. The van der Waals surface area contributed by atoms with Gasteiger partial charge in [0.2, 0.25) is 5.13 Å². The molecule has 2 rings (SSSR count). The summed E-state index contributed by atoms with van der Waals surface area (Å²) in [7, 11) is 1.64. The van der Waals surface area contributed by atoms with E-state index in [2.05, 4.69) is 22.4 Å². The summed E-state index contributed by atoms with van der Waals surface area (Å²) in [5.74, 6) is 1.60. The fourth-order valence-electron chi connectivity index (χ4n) is 1.43. The summed E-state index contributed by atoms with van der Waals surface area (Å²) in [4.78, 5) is 0. The Balaban J connectivity index is 1.85. The number of nitrogens with zero attached hydrogens (tertiary/aromatic N) is 2. The van der Waals surface area contributed by atoms with Crippen LogP contribution >= 0.6 is 11.3 Å². The molecular formula is C13H17N3O2S. The molecule has 0 radical (unpaired) electrons. The molecule has 19 heavy (non-hydrogen) atoms. The van der Waals surface area contributed by atoms with E-state index in [-0.39, 0.29) is 0 Å². The van der Waals surface area contributed by atoms with Crippen molar-refractivity contribution in [2.24, 2.45) is 0 Å². The summed E-state index contributed by atoms with van der Waals surface area (Å²) in [6, 6.07) is 7.47. The predicted molar refractivity (Wildman–Crippen MR) is 76.0 cm³/mol. The van der Waals surface area contributed by atoms with Gasteiger partial charge in [-0.1, -0.05) is 18.3 Å². The summed E-state index contributed by atoms with van der Waals surface area (Å²) < 4.78 is 10.7. The highest BCUT2D eigenvalue weighted by molar-refractivity contribution is 7.15. The first kappa shape index (κ1) is 13.6. The summed E-state index contributed by atoms with van der Waals surface area (Å²) in [5.41, 5.74) is 0. The normalized spacial score (nSPS) is 10.2. The molecule has 0 aliphatic rings. The molecule has 0 spiro atoms. The van der Waals surface area contributed by atoms with Crippen LogP contribution < -0.4 is 14.8 Å². The van der Waals surface area contributed by atoms with E-state index >= 15 is 0 Å². The highest BCUT2D eigenvalue weighted by Crippen LogP contribution is 2.20. The lowest BCUT2D eigenvalue weighted by atomic mass is 10.3. The van der Waals surface area contributed by atoms with E-state index in [1.54, 1.807) is 7.11 Å². The molecule has 6 heteroatoms. The van der Waals surface area contributed by atoms with Gasteiger partial charge in [0.25, 0.3) is 0 Å². The third kappa shape index (κ3) is 4.10. The van der Waals surface area contributed by atoms with E-state index in [4.69, 9.17) is 9.47 Å². The fourth-order valence-corrected chi connectivity index (χ4v) is 2.11. The van der Waals surface area contributed by atoms with E-state index in [0.717, 1.165) is 34.6 Å². The van der Waals surface area contributed by atoms with Gasteiger partial charge in [0, 0.05) is 6.54 Å². The molecule has 0 bridgehead atoms. The van der Waals surface area contributed by atoms with Gasteiger partial charge in [-0.05, 0) is 30.7 Å². The molecule has 5 nitrogen and oxygen atoms in total. The molecule has 0 aliphatic carbocycles. The largest absolute Gasteiger partial charge is 0.497 e. The molecule has 1 N–H and O–H groups in total. The van der Waals surface area contributed by atoms with Gasteiger partial charge in [-0.3, -0.25) is 0 Å². The number of nitrogens with one attached hydrogen (secondary N) is 1. The van der Waals surface area contributed by atoms with Crippen LogP contribution in [0.3, 0.4) is 0 Å². The number of aromatic nitrogens is 2. The van der Waals surface area contributed by atoms with Gasteiger partial charge in [-0.2, -0.15) is 0 Å². The predicted octanol–water partition coefficient (Wildman–Crippen LogP) is 2.95. The number of ether oxygens (including phenoxy) is 2. The molecule has 0 saturated heterocycles. The number of hydrogen-bond donors (Lipinski definition) is 1. The Hall–Kier alpha value is -1.82. The van der Waals surface area contributed by atoms with Crippen LogP contribution in [-0.4, -0.2) is 23.9 Å². The maximum Gasteiger partial charge on any atom is 0.205 e. The smallest absolute Gasteiger partial charge is 0.205 e. The zero-order valence-electron chi connectivity index (χ0n) is 11.0. The summed E-state index contributed by atoms with van der Waals surface area (Å²) in [6.07, 6.45) is 1.07. The van der Waals surface area contributed by atoms with Crippen molar-refractivity contribution in [1.29, 1.82) is 0 Å². The van der Waals surface area contributed by atoms with Gasteiger partial charge >= 0.3 is 0 Å². The van der Waals surface area contributed by atoms with E-state index in [9.17, 15) is 0 Å². The number of methoxy groups -OCH3 is 1. The van der Waals surface area contributed by atoms with Crippen LogP contribution in [-0.2, 0) is 6.61 Å². The number of rotatable bonds is 7. The lowest BCUT2D eigenvalue weighted by Crippen LogP contribution is -1.98. The van der Waals surface area contributed by atoms with Gasteiger partial charge in [0.1, 0.15) is 18.1 Å². The van der Waals surface area contributed by atoms with Crippen LogP contribution in [0.2, 0.25) is 0 Å². The van der Waals surface area contributed by atoms with Crippen LogP contribution in [0.1, 0.15) is 18.4 Å². The standard InChI is InChI=1S/C13H17N3O2S/c1-3-8-14-13-16-15-12(19-13)9-18-11-6-4-10(17-2)5-7-11/h4-7H,3,8-9H2,1-2H3,(H,14,16). The molecule has 0 unspecified atom stereocenters. The van der Waals surface area contributed by atoms with Gasteiger partial charge in [-0.25, -0.2) is 0 Å². The molecule has 1 heterocycles. The van der Waals surface area contributed by atoms with Gasteiger partial charge in [0.05, 0.1) is 7.11 Å². The second-order valence-electron chi connectivity index (χ2n) is 3.89. The summed E-state index contributed by atoms with van der Waals surface area (Å²) in [6.45, 7) is 3.45. The van der Waals surface area contributed by atoms with E-state index in [1.807, 2.05) is 24.3 Å². The van der Waals surface area contributed by atoms with Crippen molar-refractivity contribution in [3.63, 3.8) is 0 Å². The molecular weight excluding hydrogens is 262 g/mol. The molecule has 2 aromatic rings. The zero-order chi connectivity index (χ0) is 13.5. The highest BCUT2D eigenvalue weighted by Gasteiger charge is 2.04. The van der Waals surface area contributed by atoms with E-state index in [0.29, 0.717) is 6.61 Å². The SMILES string of the molecule is CCCNc1nnc(COc2ccc(OC)cc2)s1. The Morgan fingerprint density at radius 2 is 1.89 bits per heavy atom. The van der Waals surface area contributed by atoms with Crippen LogP contribution in [0.15, 0.2) is 24.3 Å². The third-order valence-electron chi connectivity index (χ3n) is 2.41. The lowest BCUT2D eigenvalue weighted by molar-refractivity contribution is 0.304. The second kappa shape index (κ2) is 6.94. The molecule has 0 atom stereocenters. The molecule has 0 fully saturated rings. The first-order valence-corrected chi connectivity index (χ1v) is 6.96. The minimum atomic E-state index is 0.428. The second-order valence-corrected chi connectivity index (χ2v) is 4.95. The van der Waals surface area contributed by atoms with Crippen molar-refractivity contribution in [3.8, 4) is 11.5 Å². The zero-order valence-corrected chi connectivity index (χ0v) is 11.9.